The van der Waals surface area contributed by atoms with Gasteiger partial charge in [0.05, 0.1) is 12.0 Å². The molecule has 1 aliphatic rings. The van der Waals surface area contributed by atoms with E-state index >= 15 is 0 Å². The predicted octanol–water partition coefficient (Wildman–Crippen LogP) is 2.49. The Bertz CT molecular complexity index is 1260. The van der Waals surface area contributed by atoms with Gasteiger partial charge in [-0.2, -0.15) is 0 Å². The average molecular weight is 469 g/mol. The molecule has 3 aromatic rings. The molecule has 0 spiro atoms. The van der Waals surface area contributed by atoms with Crippen LogP contribution in [0.4, 0.5) is 0 Å². The Hall–Kier alpha value is -3.32. The van der Waals surface area contributed by atoms with Crippen molar-refractivity contribution in [2.75, 3.05) is 6.61 Å². The van der Waals surface area contributed by atoms with Crippen LogP contribution in [0.1, 0.15) is 35.1 Å². The van der Waals surface area contributed by atoms with E-state index in [0.29, 0.717) is 27.5 Å². The molecule has 0 saturated carbocycles. The molecule has 4 rings (SSSR count). The molecule has 1 aliphatic carbocycles. The molecular formula is C25H23ClNO6-. The Morgan fingerprint density at radius 3 is 2.52 bits per heavy atom. The number of benzene rings is 2. The standard InChI is InChI=1S/C25H24ClNO6/c1-14-21(11-10-18-17-4-2-3-5-19(17)25(31)33-23(14)18)32-13-22(28)27-20(24(29)30)12-15-6-8-16(26)9-7-15/h6-11,20H,2-5,12-13H2,1H3,(H,27,28)(H,29,30)/p-1/t20-/m1/s1. The van der Waals surface area contributed by atoms with E-state index in [1.54, 1.807) is 37.3 Å². The topological polar surface area (TPSA) is 109 Å². The molecule has 0 saturated heterocycles. The maximum absolute atomic E-state index is 12.4. The number of hydrogen-bond donors (Lipinski definition) is 1. The fourth-order valence-corrected chi connectivity index (χ4v) is 4.34. The number of fused-ring (bicyclic) bond motifs is 3. The van der Waals surface area contributed by atoms with Gasteiger partial charge in [-0.05, 0) is 74.4 Å². The molecule has 0 bridgehead atoms. The van der Waals surface area contributed by atoms with Crippen LogP contribution >= 0.6 is 11.6 Å². The average Bonchev–Trinajstić information content (AvgIpc) is 2.80. The summed E-state index contributed by atoms with van der Waals surface area (Å²) < 4.78 is 11.2. The van der Waals surface area contributed by atoms with E-state index < -0.39 is 24.5 Å². The molecule has 1 heterocycles. The summed E-state index contributed by atoms with van der Waals surface area (Å²) in [5.74, 6) is -1.62. The van der Waals surface area contributed by atoms with Gasteiger partial charge in [-0.3, -0.25) is 4.79 Å². The highest BCUT2D eigenvalue weighted by atomic mass is 35.5. The first kappa shape index (κ1) is 22.9. The molecule has 1 N–H and O–H groups in total. The number of carboxylic acids is 1. The van der Waals surface area contributed by atoms with Crippen molar-refractivity contribution in [3.63, 3.8) is 0 Å². The molecule has 1 atom stereocenters. The number of aliphatic carboxylic acids is 1. The van der Waals surface area contributed by atoms with Crippen LogP contribution in [0.25, 0.3) is 11.0 Å². The van der Waals surface area contributed by atoms with Crippen LogP contribution in [0.2, 0.25) is 5.02 Å². The summed E-state index contributed by atoms with van der Waals surface area (Å²) in [6.07, 6.45) is 3.61. The minimum Gasteiger partial charge on any atom is -0.548 e. The molecule has 0 unspecified atom stereocenters. The van der Waals surface area contributed by atoms with E-state index in [4.69, 9.17) is 20.8 Å². The number of rotatable bonds is 7. The first-order chi connectivity index (χ1) is 15.8. The lowest BCUT2D eigenvalue weighted by Gasteiger charge is -2.20. The third-order valence-electron chi connectivity index (χ3n) is 5.92. The van der Waals surface area contributed by atoms with Gasteiger partial charge in [0.1, 0.15) is 11.3 Å². The third kappa shape index (κ3) is 5.03. The molecule has 33 heavy (non-hydrogen) atoms. The first-order valence-electron chi connectivity index (χ1n) is 10.8. The second-order valence-corrected chi connectivity index (χ2v) is 8.61. The van der Waals surface area contributed by atoms with Crippen molar-refractivity contribution >= 4 is 34.4 Å². The van der Waals surface area contributed by atoms with Gasteiger partial charge >= 0.3 is 5.63 Å². The highest BCUT2D eigenvalue weighted by Crippen LogP contribution is 2.32. The second kappa shape index (κ2) is 9.67. The maximum atomic E-state index is 12.4. The van der Waals surface area contributed by atoms with Crippen molar-refractivity contribution in [3.05, 3.63) is 74.1 Å². The Morgan fingerprint density at radius 1 is 1.12 bits per heavy atom. The summed E-state index contributed by atoms with van der Waals surface area (Å²) in [4.78, 5) is 36.3. The number of carbonyl (C=O) groups excluding carboxylic acids is 2. The van der Waals surface area contributed by atoms with Crippen LogP contribution in [0.5, 0.6) is 5.75 Å². The Labute approximate surface area is 195 Å². The number of halogens is 1. The number of carboxylic acid groups (broad SMARTS) is 1. The van der Waals surface area contributed by atoms with Gasteiger partial charge in [-0.15, -0.1) is 0 Å². The van der Waals surface area contributed by atoms with Crippen LogP contribution in [0, 0.1) is 6.92 Å². The highest BCUT2D eigenvalue weighted by molar-refractivity contribution is 6.30. The van der Waals surface area contributed by atoms with Crippen molar-refractivity contribution in [1.82, 2.24) is 5.32 Å². The van der Waals surface area contributed by atoms with Gasteiger partial charge in [0.15, 0.2) is 6.61 Å². The molecule has 2 aromatic carbocycles. The number of ether oxygens (including phenoxy) is 1. The highest BCUT2D eigenvalue weighted by Gasteiger charge is 2.21. The zero-order chi connectivity index (χ0) is 23.5. The zero-order valence-electron chi connectivity index (χ0n) is 18.1. The van der Waals surface area contributed by atoms with E-state index in [-0.39, 0.29) is 12.0 Å². The number of amides is 1. The number of hydrogen-bond acceptors (Lipinski definition) is 6. The minimum atomic E-state index is -1.40. The fourth-order valence-electron chi connectivity index (χ4n) is 4.21. The molecule has 0 aliphatic heterocycles. The lowest BCUT2D eigenvalue weighted by molar-refractivity contribution is -0.308. The van der Waals surface area contributed by atoms with Crippen molar-refractivity contribution in [2.24, 2.45) is 0 Å². The summed E-state index contributed by atoms with van der Waals surface area (Å²) in [6.45, 7) is 1.37. The van der Waals surface area contributed by atoms with Crippen molar-refractivity contribution < 1.29 is 23.8 Å². The fraction of sp³-hybridized carbons (Fsp3) is 0.320. The van der Waals surface area contributed by atoms with Crippen molar-refractivity contribution in [2.45, 2.75) is 45.1 Å². The normalized spacial score (nSPS) is 13.9. The van der Waals surface area contributed by atoms with Crippen LogP contribution < -0.4 is 20.8 Å². The summed E-state index contributed by atoms with van der Waals surface area (Å²) >= 11 is 5.85. The molecule has 0 radical (unpaired) electrons. The number of nitrogens with one attached hydrogen (secondary N) is 1. The minimum absolute atomic E-state index is 0.0521. The van der Waals surface area contributed by atoms with E-state index in [1.807, 2.05) is 6.07 Å². The molecule has 172 valence electrons. The van der Waals surface area contributed by atoms with Crippen molar-refractivity contribution in [1.29, 1.82) is 0 Å². The predicted molar refractivity (Wildman–Crippen MR) is 121 cm³/mol. The summed E-state index contributed by atoms with van der Waals surface area (Å²) in [5.41, 5.74) is 3.21. The monoisotopic (exact) mass is 468 g/mol. The molecule has 1 aromatic heterocycles. The van der Waals surface area contributed by atoms with Crippen LogP contribution in [0.3, 0.4) is 0 Å². The van der Waals surface area contributed by atoms with Gasteiger partial charge in [-0.1, -0.05) is 23.7 Å². The number of aryl methyl sites for hydroxylation is 2. The van der Waals surface area contributed by atoms with Gasteiger partial charge < -0.3 is 24.4 Å². The third-order valence-corrected chi connectivity index (χ3v) is 6.17. The van der Waals surface area contributed by atoms with E-state index in [2.05, 4.69) is 5.32 Å². The molecule has 7 nitrogen and oxygen atoms in total. The second-order valence-electron chi connectivity index (χ2n) is 8.18. The molecule has 0 fully saturated rings. The maximum Gasteiger partial charge on any atom is 0.339 e. The van der Waals surface area contributed by atoms with Crippen molar-refractivity contribution in [3.8, 4) is 5.75 Å². The van der Waals surface area contributed by atoms with E-state index in [9.17, 15) is 19.5 Å². The lowest BCUT2D eigenvalue weighted by Crippen LogP contribution is -2.50. The molecule has 8 heteroatoms. The zero-order valence-corrected chi connectivity index (χ0v) is 18.9. The van der Waals surface area contributed by atoms with Gasteiger partial charge in [-0.25, -0.2) is 4.79 Å². The Kier molecular flexibility index (Phi) is 6.70. The van der Waals surface area contributed by atoms with Gasteiger partial charge in [0.25, 0.3) is 5.91 Å². The Balaban J connectivity index is 1.46. The first-order valence-corrected chi connectivity index (χ1v) is 11.2. The quantitative estimate of drug-likeness (QED) is 0.534. The van der Waals surface area contributed by atoms with Crippen LogP contribution in [-0.4, -0.2) is 24.5 Å². The SMILES string of the molecule is Cc1c(OCC(=O)N[C@H](Cc2ccc(Cl)cc2)C(=O)[O-])ccc2c3c(c(=O)oc12)CCCC3. The molecule has 1 amide bonds. The summed E-state index contributed by atoms with van der Waals surface area (Å²) in [6, 6.07) is 9.03. The van der Waals surface area contributed by atoms with Gasteiger partial charge in [0, 0.05) is 21.5 Å². The van der Waals surface area contributed by atoms with Gasteiger partial charge in [0.2, 0.25) is 0 Å². The van der Waals surface area contributed by atoms with Crippen LogP contribution in [0.15, 0.2) is 45.6 Å². The van der Waals surface area contributed by atoms with E-state index in [0.717, 1.165) is 42.2 Å². The lowest BCUT2D eigenvalue weighted by atomic mass is 9.90. The summed E-state index contributed by atoms with van der Waals surface area (Å²) in [7, 11) is 0. The molecular weight excluding hydrogens is 446 g/mol. The number of carbonyl (C=O) groups is 2. The van der Waals surface area contributed by atoms with E-state index in [1.165, 1.54) is 0 Å². The Morgan fingerprint density at radius 2 is 1.82 bits per heavy atom. The summed E-state index contributed by atoms with van der Waals surface area (Å²) in [5, 5.41) is 15.3. The largest absolute Gasteiger partial charge is 0.548 e. The smallest absolute Gasteiger partial charge is 0.339 e. The van der Waals surface area contributed by atoms with Crippen LogP contribution in [-0.2, 0) is 28.9 Å².